The highest BCUT2D eigenvalue weighted by Crippen LogP contribution is 2.34. The fraction of sp³-hybridized carbons (Fsp3) is 0.375. The third-order valence-electron chi connectivity index (χ3n) is 5.01. The summed E-state index contributed by atoms with van der Waals surface area (Å²) in [5.74, 6) is -0.815. The lowest BCUT2D eigenvalue weighted by atomic mass is 9.83. The first-order valence-electron chi connectivity index (χ1n) is 9.51. The highest BCUT2D eigenvalue weighted by atomic mass is 19.1. The van der Waals surface area contributed by atoms with Gasteiger partial charge in [-0.2, -0.15) is 0 Å². The van der Waals surface area contributed by atoms with Crippen LogP contribution in [-0.4, -0.2) is 5.91 Å². The van der Waals surface area contributed by atoms with Gasteiger partial charge in [-0.25, -0.2) is 4.39 Å². The molecular formula is C24H32FNO. The number of rotatable bonds is 8. The number of hydrogen-bond donors (Lipinski definition) is 1. The molecule has 1 atom stereocenters. The number of carbonyl (C=O) groups excluding carboxylic acids is 1. The zero-order valence-corrected chi connectivity index (χ0v) is 17.4. The van der Waals surface area contributed by atoms with Crippen LogP contribution in [0.4, 0.5) is 4.39 Å². The van der Waals surface area contributed by atoms with Crippen LogP contribution in [0.25, 0.3) is 5.57 Å². The summed E-state index contributed by atoms with van der Waals surface area (Å²) in [4.78, 5) is 12.4. The molecule has 0 fully saturated rings. The molecule has 0 heterocycles. The minimum Gasteiger partial charge on any atom is -0.366 e. The molecule has 0 aliphatic rings. The van der Waals surface area contributed by atoms with E-state index in [1.807, 2.05) is 59.8 Å². The molecule has 0 bridgehead atoms. The Labute approximate surface area is 163 Å². The molecular weight excluding hydrogens is 337 g/mol. The monoisotopic (exact) mass is 369 g/mol. The van der Waals surface area contributed by atoms with Gasteiger partial charge in [-0.1, -0.05) is 57.2 Å². The quantitative estimate of drug-likeness (QED) is 0.439. The third-order valence-corrected chi connectivity index (χ3v) is 5.01. The summed E-state index contributed by atoms with van der Waals surface area (Å²) in [5, 5.41) is 0. The first-order valence-corrected chi connectivity index (χ1v) is 9.51. The molecule has 1 unspecified atom stereocenters. The van der Waals surface area contributed by atoms with E-state index in [-0.39, 0.29) is 11.7 Å². The zero-order chi connectivity index (χ0) is 20.7. The third kappa shape index (κ3) is 5.53. The molecule has 1 rings (SSSR count). The van der Waals surface area contributed by atoms with Crippen molar-refractivity contribution in [2.45, 2.75) is 54.4 Å². The van der Waals surface area contributed by atoms with E-state index < -0.39 is 5.91 Å². The Morgan fingerprint density at radius 1 is 1.30 bits per heavy atom. The van der Waals surface area contributed by atoms with Gasteiger partial charge in [0.25, 0.3) is 0 Å². The Bertz CT molecular complexity index is 812. The van der Waals surface area contributed by atoms with Crippen LogP contribution in [0.2, 0.25) is 0 Å². The molecule has 0 saturated carbocycles. The fourth-order valence-electron chi connectivity index (χ4n) is 3.04. The van der Waals surface area contributed by atoms with Crippen LogP contribution in [0.15, 0.2) is 53.7 Å². The Hall–Kier alpha value is -2.42. The molecule has 0 aliphatic carbocycles. The number of carbonyl (C=O) groups is 1. The second-order valence-corrected chi connectivity index (χ2v) is 6.97. The Morgan fingerprint density at radius 3 is 2.41 bits per heavy atom. The van der Waals surface area contributed by atoms with Crippen molar-refractivity contribution in [1.29, 1.82) is 0 Å². The average Bonchev–Trinajstić information content (AvgIpc) is 2.64. The van der Waals surface area contributed by atoms with Crippen molar-refractivity contribution in [1.82, 2.24) is 0 Å². The number of benzene rings is 1. The largest absolute Gasteiger partial charge is 0.366 e. The summed E-state index contributed by atoms with van der Waals surface area (Å²) in [6, 6.07) is 3.23. The van der Waals surface area contributed by atoms with E-state index in [1.54, 1.807) is 6.07 Å². The number of halogens is 1. The number of amides is 1. The molecule has 146 valence electrons. The van der Waals surface area contributed by atoms with Gasteiger partial charge in [-0.05, 0) is 73.4 Å². The van der Waals surface area contributed by atoms with Crippen molar-refractivity contribution in [3.63, 3.8) is 0 Å². The number of aryl methyl sites for hydroxylation is 2. The Balaban J connectivity index is 3.75. The van der Waals surface area contributed by atoms with Gasteiger partial charge < -0.3 is 5.73 Å². The van der Waals surface area contributed by atoms with Crippen molar-refractivity contribution >= 4 is 11.5 Å². The van der Waals surface area contributed by atoms with Crippen LogP contribution >= 0.6 is 0 Å². The van der Waals surface area contributed by atoms with Crippen LogP contribution in [-0.2, 0) is 11.2 Å². The van der Waals surface area contributed by atoms with Gasteiger partial charge >= 0.3 is 0 Å². The van der Waals surface area contributed by atoms with E-state index in [0.717, 1.165) is 28.7 Å². The summed E-state index contributed by atoms with van der Waals surface area (Å²) < 4.78 is 14.5. The normalized spacial score (nSPS) is 14.3. The van der Waals surface area contributed by atoms with Gasteiger partial charge in [0.2, 0.25) is 5.91 Å². The Morgan fingerprint density at radius 2 is 1.93 bits per heavy atom. The van der Waals surface area contributed by atoms with E-state index in [1.165, 1.54) is 6.07 Å². The molecule has 3 heteroatoms. The van der Waals surface area contributed by atoms with Crippen molar-refractivity contribution < 1.29 is 9.18 Å². The van der Waals surface area contributed by atoms with Crippen molar-refractivity contribution in [2.75, 3.05) is 0 Å². The molecule has 2 N–H and O–H groups in total. The minimum absolute atomic E-state index is 0.0591. The maximum Gasteiger partial charge on any atom is 0.249 e. The van der Waals surface area contributed by atoms with Crippen LogP contribution in [0.3, 0.4) is 0 Å². The summed E-state index contributed by atoms with van der Waals surface area (Å²) in [7, 11) is 0. The van der Waals surface area contributed by atoms with E-state index in [0.29, 0.717) is 23.1 Å². The average molecular weight is 370 g/mol. The highest BCUT2D eigenvalue weighted by molar-refractivity contribution is 6.21. The predicted molar refractivity (Wildman–Crippen MR) is 114 cm³/mol. The van der Waals surface area contributed by atoms with E-state index in [2.05, 4.69) is 6.58 Å². The van der Waals surface area contributed by atoms with Gasteiger partial charge in [0.05, 0.1) is 5.57 Å². The van der Waals surface area contributed by atoms with Crippen molar-refractivity contribution in [3.8, 4) is 0 Å². The lowest BCUT2D eigenvalue weighted by Gasteiger charge is -2.21. The lowest BCUT2D eigenvalue weighted by molar-refractivity contribution is -0.112. The molecule has 0 aliphatic heterocycles. The summed E-state index contributed by atoms with van der Waals surface area (Å²) in [5.41, 5.74) is 10.7. The van der Waals surface area contributed by atoms with Crippen LogP contribution in [0, 0.1) is 18.7 Å². The number of nitrogens with two attached hydrogens (primary N) is 1. The van der Waals surface area contributed by atoms with E-state index >= 15 is 0 Å². The topological polar surface area (TPSA) is 43.1 Å². The standard InChI is InChI=1S/C24H32FNO/c1-8-15(4)11-12-17(6)22(16(5)9-2)23(24(26)27)20-14-21(25)19(10-3)13-18(20)7/h8,11-14,16H,6,9-10H2,1-5,7H3,(H2,26,27)/b12-11-,15-8-,23-22-. The number of primary amides is 1. The zero-order valence-electron chi connectivity index (χ0n) is 17.4. The van der Waals surface area contributed by atoms with Crippen LogP contribution in [0.1, 0.15) is 57.7 Å². The summed E-state index contributed by atoms with van der Waals surface area (Å²) >= 11 is 0. The molecule has 2 nitrogen and oxygen atoms in total. The van der Waals surface area contributed by atoms with E-state index in [4.69, 9.17) is 5.73 Å². The summed E-state index contributed by atoms with van der Waals surface area (Å²) in [6.45, 7) is 16.0. The van der Waals surface area contributed by atoms with Crippen molar-refractivity contribution in [3.05, 3.63) is 76.2 Å². The van der Waals surface area contributed by atoms with Crippen LogP contribution in [0.5, 0.6) is 0 Å². The number of allylic oxidation sites excluding steroid dienone is 6. The van der Waals surface area contributed by atoms with Crippen LogP contribution < -0.4 is 5.73 Å². The first-order chi connectivity index (χ1) is 12.7. The van der Waals surface area contributed by atoms with Gasteiger partial charge in [0.15, 0.2) is 0 Å². The molecule has 0 radical (unpaired) electrons. The second kappa shape index (κ2) is 10.1. The van der Waals surface area contributed by atoms with Gasteiger partial charge in [-0.15, -0.1) is 0 Å². The molecule has 1 amide bonds. The lowest BCUT2D eigenvalue weighted by Crippen LogP contribution is -2.19. The first kappa shape index (κ1) is 22.6. The fourth-order valence-corrected chi connectivity index (χ4v) is 3.04. The molecule has 1 aromatic rings. The minimum atomic E-state index is -0.561. The van der Waals surface area contributed by atoms with Gasteiger partial charge in [-0.3, -0.25) is 4.79 Å². The molecule has 27 heavy (non-hydrogen) atoms. The molecule has 1 aromatic carbocycles. The molecule has 0 aromatic heterocycles. The van der Waals surface area contributed by atoms with Gasteiger partial charge in [0.1, 0.15) is 5.82 Å². The van der Waals surface area contributed by atoms with Crippen molar-refractivity contribution in [2.24, 2.45) is 11.7 Å². The number of hydrogen-bond acceptors (Lipinski definition) is 1. The SMILES string of the molecule is C=C(/C=C\C(C)=C/C)/C(=C(\C(N)=O)c1cc(F)c(CC)cc1C)C(C)CC. The smallest absolute Gasteiger partial charge is 0.249 e. The second-order valence-electron chi connectivity index (χ2n) is 6.97. The van der Waals surface area contributed by atoms with Gasteiger partial charge in [0, 0.05) is 0 Å². The molecule has 0 spiro atoms. The highest BCUT2D eigenvalue weighted by Gasteiger charge is 2.23. The van der Waals surface area contributed by atoms with E-state index in [9.17, 15) is 9.18 Å². The maximum atomic E-state index is 14.5. The Kier molecular flexibility index (Phi) is 8.42. The predicted octanol–water partition coefficient (Wildman–Crippen LogP) is 6.06. The maximum absolute atomic E-state index is 14.5. The molecule has 0 saturated heterocycles. The summed E-state index contributed by atoms with van der Waals surface area (Å²) in [6.07, 6.45) is 7.26.